The molecule has 5 N–H and O–H groups in total. The van der Waals surface area contributed by atoms with Crippen LogP contribution in [0.25, 0.3) is 0 Å². The van der Waals surface area contributed by atoms with Gasteiger partial charge in [-0.05, 0) is 86.0 Å². The Morgan fingerprint density at radius 1 is 1.11 bits per heavy atom. The van der Waals surface area contributed by atoms with Crippen molar-refractivity contribution in [2.45, 2.75) is 109 Å². The largest absolute Gasteiger partial charge is 0.394 e. The number of allylic oxidation sites excluding steroid dienone is 1. The highest BCUT2D eigenvalue weighted by atomic mass is 16.7. The molecule has 4 aliphatic carbocycles. The molecule has 3 saturated carbocycles. The molecule has 0 aromatic carbocycles. The van der Waals surface area contributed by atoms with Gasteiger partial charge in [-0.1, -0.05) is 19.4 Å². The van der Waals surface area contributed by atoms with Crippen molar-refractivity contribution >= 4 is 5.78 Å². The summed E-state index contributed by atoms with van der Waals surface area (Å²) in [6, 6.07) is 0. The van der Waals surface area contributed by atoms with Gasteiger partial charge in [-0.2, -0.15) is 0 Å². The summed E-state index contributed by atoms with van der Waals surface area (Å²) in [5, 5.41) is 51.5. The van der Waals surface area contributed by atoms with E-state index < -0.39 is 43.4 Å². The number of rotatable bonds is 4. The van der Waals surface area contributed by atoms with Crippen molar-refractivity contribution < 1.29 is 39.8 Å². The number of fused-ring (bicyclic) bond motifs is 5. The number of hydrogen-bond donors (Lipinski definition) is 5. The Bertz CT molecular complexity index is 856. The van der Waals surface area contributed by atoms with E-state index in [1.807, 2.05) is 13.0 Å². The molecule has 1 aliphatic heterocycles. The quantitative estimate of drug-likeness (QED) is 0.395. The normalized spacial score (nSPS) is 52.8. The van der Waals surface area contributed by atoms with Crippen molar-refractivity contribution in [3.05, 3.63) is 11.6 Å². The first-order valence-electron chi connectivity index (χ1n) is 13.4. The van der Waals surface area contributed by atoms with Crippen LogP contribution in [0.4, 0.5) is 0 Å². The number of ketones is 1. The minimum atomic E-state index is -1.48. The minimum absolute atomic E-state index is 0.00519. The molecule has 1 saturated heterocycles. The van der Waals surface area contributed by atoms with Gasteiger partial charge < -0.3 is 35.0 Å². The minimum Gasteiger partial charge on any atom is -0.394 e. The molecule has 5 rings (SSSR count). The summed E-state index contributed by atoms with van der Waals surface area (Å²) < 4.78 is 12.1. The second-order valence-electron chi connectivity index (χ2n) is 12.4. The standard InChI is InChI=1S/C27H42O8/c1-13(29)18-11-19(34-25-24(33)23(32)22(31)20(12-28)35-25)21-16-5-4-14-10-15(30)6-8-26(14,2)17(16)7-9-27(18,21)3/h10,13,16-25,28-29,31-33H,4-9,11-12H2,1-3H3/t13-,16-,17+,18-,19+,20+,21-,22+,23-,24+,25+,26+,27-/m1/s1. The third kappa shape index (κ3) is 3.95. The Morgan fingerprint density at radius 3 is 2.54 bits per heavy atom. The van der Waals surface area contributed by atoms with Crippen LogP contribution in [-0.4, -0.2) is 80.8 Å². The van der Waals surface area contributed by atoms with Gasteiger partial charge in [0.2, 0.25) is 0 Å². The van der Waals surface area contributed by atoms with Gasteiger partial charge in [0, 0.05) is 6.42 Å². The number of aliphatic hydroxyl groups is 5. The Morgan fingerprint density at radius 2 is 1.86 bits per heavy atom. The Balaban J connectivity index is 1.46. The Hall–Kier alpha value is -0.870. The third-order valence-corrected chi connectivity index (χ3v) is 10.7. The molecule has 0 amide bonds. The molecule has 0 aromatic heterocycles. The highest BCUT2D eigenvalue weighted by Gasteiger charge is 2.63. The third-order valence-electron chi connectivity index (χ3n) is 10.7. The maximum absolute atomic E-state index is 12.2. The topological polar surface area (TPSA) is 137 Å². The van der Waals surface area contributed by atoms with Gasteiger partial charge in [0.1, 0.15) is 24.4 Å². The van der Waals surface area contributed by atoms with Crippen molar-refractivity contribution in [3.8, 4) is 0 Å². The summed E-state index contributed by atoms with van der Waals surface area (Å²) in [7, 11) is 0. The first-order chi connectivity index (χ1) is 16.5. The van der Waals surface area contributed by atoms with E-state index in [9.17, 15) is 30.3 Å². The van der Waals surface area contributed by atoms with Crippen LogP contribution in [0.1, 0.15) is 65.7 Å². The van der Waals surface area contributed by atoms with Crippen LogP contribution in [0.5, 0.6) is 0 Å². The van der Waals surface area contributed by atoms with Crippen LogP contribution in [-0.2, 0) is 14.3 Å². The lowest BCUT2D eigenvalue weighted by Gasteiger charge is -2.59. The average molecular weight is 495 g/mol. The molecular weight excluding hydrogens is 452 g/mol. The molecule has 0 radical (unpaired) electrons. The molecule has 0 aromatic rings. The van der Waals surface area contributed by atoms with E-state index in [2.05, 4.69) is 13.8 Å². The number of aliphatic hydroxyl groups excluding tert-OH is 5. The zero-order valence-corrected chi connectivity index (χ0v) is 21.0. The van der Waals surface area contributed by atoms with Crippen LogP contribution in [0.2, 0.25) is 0 Å². The molecule has 0 bridgehead atoms. The van der Waals surface area contributed by atoms with Crippen LogP contribution in [0.3, 0.4) is 0 Å². The van der Waals surface area contributed by atoms with E-state index in [0.29, 0.717) is 24.7 Å². The van der Waals surface area contributed by atoms with E-state index >= 15 is 0 Å². The molecule has 0 unspecified atom stereocenters. The SMILES string of the molecule is C[C@@H](O)[C@H]1C[C@H](O[C@H]2O[C@@H](CO)[C@H](O)[C@@H](O)[C@@H]2O)[C@H]2[C@@H]3CCC4=CC(=O)CC[C@]4(C)[C@H]3CC[C@@]21C. The van der Waals surface area contributed by atoms with Crippen LogP contribution >= 0.6 is 0 Å². The van der Waals surface area contributed by atoms with E-state index in [1.165, 1.54) is 5.57 Å². The van der Waals surface area contributed by atoms with Crippen molar-refractivity contribution in [1.82, 2.24) is 0 Å². The first-order valence-corrected chi connectivity index (χ1v) is 13.4. The van der Waals surface area contributed by atoms with Gasteiger partial charge in [0.15, 0.2) is 12.1 Å². The summed E-state index contributed by atoms with van der Waals surface area (Å²) in [6.45, 7) is 5.92. The van der Waals surface area contributed by atoms with Crippen LogP contribution in [0, 0.1) is 34.5 Å². The fourth-order valence-electron chi connectivity index (χ4n) is 8.88. The van der Waals surface area contributed by atoms with Crippen LogP contribution in [0.15, 0.2) is 11.6 Å². The van der Waals surface area contributed by atoms with E-state index in [1.54, 1.807) is 0 Å². The Labute approximate surface area is 207 Å². The summed E-state index contributed by atoms with van der Waals surface area (Å²) in [5.74, 6) is 1.16. The van der Waals surface area contributed by atoms with Gasteiger partial charge in [-0.25, -0.2) is 0 Å². The fraction of sp³-hybridized carbons (Fsp3) is 0.889. The summed E-state index contributed by atoms with van der Waals surface area (Å²) in [4.78, 5) is 12.2. The lowest BCUT2D eigenvalue weighted by Crippen LogP contribution is -2.60. The molecular formula is C27H42O8. The maximum Gasteiger partial charge on any atom is 0.186 e. The molecule has 198 valence electrons. The Kier molecular flexibility index (Phi) is 6.74. The van der Waals surface area contributed by atoms with Gasteiger partial charge in [-0.3, -0.25) is 4.79 Å². The van der Waals surface area contributed by atoms with Gasteiger partial charge in [-0.15, -0.1) is 0 Å². The van der Waals surface area contributed by atoms with Crippen molar-refractivity contribution in [2.24, 2.45) is 34.5 Å². The van der Waals surface area contributed by atoms with E-state index in [-0.39, 0.29) is 34.6 Å². The number of carbonyl (C=O) groups excluding carboxylic acids is 1. The second kappa shape index (κ2) is 9.15. The predicted octanol–water partition coefficient (Wildman–Crippen LogP) is 1.31. The fourth-order valence-corrected chi connectivity index (χ4v) is 8.88. The summed E-state index contributed by atoms with van der Waals surface area (Å²) in [6.07, 6.45) is 0.498. The smallest absolute Gasteiger partial charge is 0.186 e. The molecule has 35 heavy (non-hydrogen) atoms. The van der Waals surface area contributed by atoms with Crippen molar-refractivity contribution in [3.63, 3.8) is 0 Å². The second-order valence-corrected chi connectivity index (χ2v) is 12.4. The van der Waals surface area contributed by atoms with E-state index in [0.717, 1.165) is 32.1 Å². The van der Waals surface area contributed by atoms with Gasteiger partial charge in [0.05, 0.1) is 18.8 Å². The molecule has 1 heterocycles. The molecule has 0 spiro atoms. The lowest BCUT2D eigenvalue weighted by atomic mass is 9.46. The lowest BCUT2D eigenvalue weighted by molar-refractivity contribution is -0.317. The summed E-state index contributed by atoms with van der Waals surface area (Å²) in [5.41, 5.74) is 1.14. The van der Waals surface area contributed by atoms with Crippen molar-refractivity contribution in [2.75, 3.05) is 6.61 Å². The van der Waals surface area contributed by atoms with Gasteiger partial charge >= 0.3 is 0 Å². The monoisotopic (exact) mass is 494 g/mol. The average Bonchev–Trinajstić information content (AvgIpc) is 3.12. The highest BCUT2D eigenvalue weighted by Crippen LogP contribution is 2.67. The molecule has 8 nitrogen and oxygen atoms in total. The number of carbonyl (C=O) groups is 1. The number of ether oxygens (including phenoxy) is 2. The predicted molar refractivity (Wildman–Crippen MR) is 126 cm³/mol. The van der Waals surface area contributed by atoms with E-state index in [4.69, 9.17) is 9.47 Å². The highest BCUT2D eigenvalue weighted by molar-refractivity contribution is 5.91. The van der Waals surface area contributed by atoms with Crippen molar-refractivity contribution in [1.29, 1.82) is 0 Å². The first kappa shape index (κ1) is 25.8. The zero-order chi connectivity index (χ0) is 25.3. The van der Waals surface area contributed by atoms with Gasteiger partial charge in [0.25, 0.3) is 0 Å². The molecule has 5 aliphatic rings. The number of hydrogen-bond acceptors (Lipinski definition) is 8. The summed E-state index contributed by atoms with van der Waals surface area (Å²) >= 11 is 0. The molecule has 4 fully saturated rings. The molecule has 8 heteroatoms. The maximum atomic E-state index is 12.2. The zero-order valence-electron chi connectivity index (χ0n) is 21.0. The molecule has 13 atom stereocenters. The van der Waals surface area contributed by atoms with Crippen LogP contribution < -0.4 is 0 Å².